The molecule has 263 valence electrons. The molecule has 0 unspecified atom stereocenters. The van der Waals surface area contributed by atoms with E-state index in [1.807, 2.05) is 0 Å². The average molecular weight is 800 g/mol. The van der Waals surface area contributed by atoms with Crippen molar-refractivity contribution in [1.82, 2.24) is 0 Å². The maximum absolute atomic E-state index is 9.75. The van der Waals surface area contributed by atoms with Crippen LogP contribution in [0.15, 0.2) is 121 Å². The predicted molar refractivity (Wildman–Crippen MR) is 203 cm³/mol. The van der Waals surface area contributed by atoms with Crippen molar-refractivity contribution < 1.29 is 36.7 Å². The van der Waals surface area contributed by atoms with Crippen molar-refractivity contribution >= 4 is 23.1 Å². The molecule has 0 bridgehead atoms. The fourth-order valence-corrected chi connectivity index (χ4v) is 15.4. The summed E-state index contributed by atoms with van der Waals surface area (Å²) in [7, 11) is -6.20. The van der Waals surface area contributed by atoms with Crippen molar-refractivity contribution in [2.75, 3.05) is 12.3 Å². The van der Waals surface area contributed by atoms with Gasteiger partial charge in [-0.15, -0.1) is 23.7 Å². The zero-order valence-corrected chi connectivity index (χ0v) is 31.7. The van der Waals surface area contributed by atoms with Gasteiger partial charge < -0.3 is 17.3 Å². The normalized spacial score (nSPS) is 21.6. The van der Waals surface area contributed by atoms with Crippen LogP contribution in [-0.2, 0) is 19.5 Å². The smallest absolute Gasteiger partial charge is 0.418 e. The summed E-state index contributed by atoms with van der Waals surface area (Å²) in [5.74, 6) is 12.1. The maximum atomic E-state index is 9.75. The first kappa shape index (κ1) is 40.0. The molecule has 4 aromatic rings. The molecular formula is C42H44BF4P2Rh-. The van der Waals surface area contributed by atoms with Gasteiger partial charge in [0.1, 0.15) is 0 Å². The van der Waals surface area contributed by atoms with Crippen LogP contribution in [0.4, 0.5) is 17.3 Å². The third-order valence-corrected chi connectivity index (χ3v) is 16.6. The van der Waals surface area contributed by atoms with Crippen LogP contribution in [0.25, 0.3) is 0 Å². The summed E-state index contributed by atoms with van der Waals surface area (Å²) in [6.45, 7) is 0. The summed E-state index contributed by atoms with van der Waals surface area (Å²) in [6, 6.07) is 45.8. The molecule has 7 rings (SSSR count). The Morgan fingerprint density at radius 1 is 0.420 bits per heavy atom. The summed E-state index contributed by atoms with van der Waals surface area (Å²) in [6.07, 6.45) is 12.1. The summed E-state index contributed by atoms with van der Waals surface area (Å²) < 4.78 is 39.0. The number of halogens is 4. The molecule has 50 heavy (non-hydrogen) atoms. The Morgan fingerprint density at radius 2 is 0.620 bits per heavy atom. The summed E-state index contributed by atoms with van der Waals surface area (Å²) in [4.78, 5) is 0. The molecule has 2 fully saturated rings. The second kappa shape index (κ2) is 21.0. The standard InChI is InChI=1S/C34H36P2.C8H8.BF4.Rh/c1-5-13-27(14-6-1)31-21-22-32(28-15-7-2-8-16-28)35(31)25-26-36-33(29-17-9-3-10-18-29)23-24-34(36)30-19-11-4-12-20-30;1-2-4-6-8-7-5-3-1;2-1(3,4)5;/h1-20,31-34H,21-26H2;1-2,7-8H2;;/q;;-1;/t31-,32-,33-,34-;;;/m0.../s1. The van der Waals surface area contributed by atoms with Gasteiger partial charge in [0, 0.05) is 67.8 Å². The van der Waals surface area contributed by atoms with Crippen LogP contribution in [-0.4, -0.2) is 19.6 Å². The van der Waals surface area contributed by atoms with E-state index in [1.54, 1.807) is 22.3 Å². The van der Waals surface area contributed by atoms with Crippen LogP contribution >= 0.6 is 15.8 Å². The molecule has 2 saturated heterocycles. The molecule has 0 amide bonds. The Balaban J connectivity index is 0.000000340. The second-order valence-electron chi connectivity index (χ2n) is 12.5. The van der Waals surface area contributed by atoms with Crippen LogP contribution in [0.2, 0.25) is 0 Å². The number of hydrogen-bond donors (Lipinski definition) is 0. The minimum Gasteiger partial charge on any atom is -0.418 e. The van der Waals surface area contributed by atoms with Gasteiger partial charge in [0.25, 0.3) is 0 Å². The molecule has 0 nitrogen and oxygen atoms in total. The fraction of sp³-hybridized carbons (Fsp3) is 0.333. The fourth-order valence-electron chi connectivity index (χ4n) is 7.32. The van der Waals surface area contributed by atoms with E-state index in [0.717, 1.165) is 48.3 Å². The van der Waals surface area contributed by atoms with Gasteiger partial charge in [-0.05, 0) is 60.3 Å². The van der Waals surface area contributed by atoms with Crippen LogP contribution < -0.4 is 0 Å². The third-order valence-electron chi connectivity index (χ3n) is 9.38. The van der Waals surface area contributed by atoms with Crippen molar-refractivity contribution in [3.63, 3.8) is 0 Å². The third kappa shape index (κ3) is 12.5. The summed E-state index contributed by atoms with van der Waals surface area (Å²) in [5, 5.41) is 0. The Kier molecular flexibility index (Phi) is 16.8. The van der Waals surface area contributed by atoms with Crippen LogP contribution in [0, 0.1) is 23.7 Å². The van der Waals surface area contributed by atoms with Gasteiger partial charge in [-0.25, -0.2) is 0 Å². The largest absolute Gasteiger partial charge is 0.673 e. The van der Waals surface area contributed by atoms with Crippen LogP contribution in [0.1, 0.15) is 96.3 Å². The number of rotatable bonds is 7. The first-order valence-electron chi connectivity index (χ1n) is 17.4. The summed E-state index contributed by atoms with van der Waals surface area (Å²) in [5.41, 5.74) is 9.31. The van der Waals surface area contributed by atoms with Gasteiger partial charge in [0.2, 0.25) is 0 Å². The first-order chi connectivity index (χ1) is 23.9. The van der Waals surface area contributed by atoms with Crippen molar-refractivity contribution in [2.24, 2.45) is 0 Å². The van der Waals surface area contributed by atoms with E-state index in [-0.39, 0.29) is 35.3 Å². The van der Waals surface area contributed by atoms with E-state index in [0.29, 0.717) is 0 Å². The molecule has 2 heterocycles. The van der Waals surface area contributed by atoms with E-state index in [2.05, 4.69) is 145 Å². The van der Waals surface area contributed by atoms with E-state index in [9.17, 15) is 17.3 Å². The van der Waals surface area contributed by atoms with Gasteiger partial charge in [-0.1, -0.05) is 137 Å². The van der Waals surface area contributed by atoms with Crippen molar-refractivity contribution in [1.29, 1.82) is 0 Å². The SMILES string of the molecule is C1#CCCC#CCC1.F[B-](F)(F)F.[Rh].c1ccc([C@@H]2CC[C@@H](c3ccccc3)P2CCP2[C@H](c3ccccc3)CC[C@H]2c2ccccc2)cc1. The number of benzene rings is 4. The summed E-state index contributed by atoms with van der Waals surface area (Å²) >= 11 is 0. The molecular weight excluding hydrogens is 756 g/mol. The van der Waals surface area contributed by atoms with E-state index < -0.39 is 7.25 Å². The van der Waals surface area contributed by atoms with E-state index >= 15 is 0 Å². The van der Waals surface area contributed by atoms with Crippen molar-refractivity contribution in [2.45, 2.75) is 74.0 Å². The quantitative estimate of drug-likeness (QED) is 0.0756. The van der Waals surface area contributed by atoms with Gasteiger partial charge >= 0.3 is 7.25 Å². The Bertz CT molecular complexity index is 1430. The van der Waals surface area contributed by atoms with Gasteiger partial charge in [-0.2, -0.15) is 0 Å². The second-order valence-corrected chi connectivity index (χ2v) is 18.0. The predicted octanol–water partition coefficient (Wildman–Crippen LogP) is 13.4. The molecule has 4 atom stereocenters. The Hall–Kier alpha value is -2.73. The Morgan fingerprint density at radius 3 is 0.820 bits per heavy atom. The Labute approximate surface area is 312 Å². The zero-order valence-electron chi connectivity index (χ0n) is 28.2. The maximum Gasteiger partial charge on any atom is 0.673 e. The molecule has 3 aliphatic rings. The molecule has 0 N–H and O–H groups in total. The molecule has 2 aliphatic heterocycles. The van der Waals surface area contributed by atoms with Gasteiger partial charge in [0.15, 0.2) is 0 Å². The van der Waals surface area contributed by atoms with Gasteiger partial charge in [-0.3, -0.25) is 0 Å². The van der Waals surface area contributed by atoms with Crippen LogP contribution in [0.3, 0.4) is 0 Å². The molecule has 1 radical (unpaired) electrons. The zero-order chi connectivity index (χ0) is 34.3. The van der Waals surface area contributed by atoms with E-state index in [1.165, 1.54) is 38.0 Å². The molecule has 0 saturated carbocycles. The molecule has 0 aromatic heterocycles. The molecule has 4 aromatic carbocycles. The van der Waals surface area contributed by atoms with Gasteiger partial charge in [0.05, 0.1) is 0 Å². The topological polar surface area (TPSA) is 0 Å². The average Bonchev–Trinajstić information content (AvgIpc) is 3.73. The van der Waals surface area contributed by atoms with Crippen molar-refractivity contribution in [3.05, 3.63) is 144 Å². The van der Waals surface area contributed by atoms with E-state index in [4.69, 9.17) is 0 Å². The van der Waals surface area contributed by atoms with Crippen molar-refractivity contribution in [3.8, 4) is 23.7 Å². The molecule has 8 heteroatoms. The monoisotopic (exact) mass is 800 g/mol. The number of hydrogen-bond acceptors (Lipinski definition) is 0. The minimum absolute atomic E-state index is 0. The minimum atomic E-state index is -6.00. The molecule has 1 aliphatic carbocycles. The van der Waals surface area contributed by atoms with Crippen LogP contribution in [0.5, 0.6) is 0 Å². The first-order valence-corrected chi connectivity index (χ1v) is 20.7. The molecule has 0 spiro atoms.